The Labute approximate surface area is 121 Å². The monoisotopic (exact) mass is 317 g/mol. The Morgan fingerprint density at radius 2 is 1.68 bits per heavy atom. The van der Waals surface area contributed by atoms with E-state index in [0.29, 0.717) is 6.04 Å². The van der Waals surface area contributed by atoms with Crippen LogP contribution in [0, 0.1) is 0 Å². The van der Waals surface area contributed by atoms with Gasteiger partial charge < -0.3 is 10.1 Å². The van der Waals surface area contributed by atoms with Crippen LogP contribution in [0.5, 0.6) is 11.5 Å². The Kier molecular flexibility index (Phi) is 3.85. The third-order valence-electron chi connectivity index (χ3n) is 3.19. The van der Waals surface area contributed by atoms with Crippen LogP contribution in [-0.4, -0.2) is 6.04 Å². The van der Waals surface area contributed by atoms with E-state index in [1.807, 2.05) is 36.4 Å². The van der Waals surface area contributed by atoms with Gasteiger partial charge in [-0.2, -0.15) is 0 Å². The lowest BCUT2D eigenvalue weighted by molar-refractivity contribution is 0.469. The highest BCUT2D eigenvalue weighted by Gasteiger charge is 2.20. The average molecular weight is 318 g/mol. The van der Waals surface area contributed by atoms with Crippen molar-refractivity contribution >= 4 is 15.9 Å². The van der Waals surface area contributed by atoms with Crippen LogP contribution in [0.3, 0.4) is 0 Å². The number of hydrogen-bond donors (Lipinski definition) is 1. The van der Waals surface area contributed by atoms with Crippen molar-refractivity contribution in [3.63, 3.8) is 0 Å². The summed E-state index contributed by atoms with van der Waals surface area (Å²) in [6.45, 7) is 0.866. The van der Waals surface area contributed by atoms with Crippen LogP contribution < -0.4 is 10.1 Å². The molecule has 0 bridgehead atoms. The minimum atomic E-state index is 0.705. The summed E-state index contributed by atoms with van der Waals surface area (Å²) in [7, 11) is 0. The molecular weight excluding hydrogens is 302 g/mol. The van der Waals surface area contributed by atoms with Crippen LogP contribution in [0.4, 0.5) is 0 Å². The maximum absolute atomic E-state index is 6.01. The average Bonchev–Trinajstić information content (AvgIpc) is 3.24. The molecule has 2 nitrogen and oxygen atoms in total. The third-order valence-corrected chi connectivity index (χ3v) is 3.84. The molecule has 1 aliphatic carbocycles. The summed E-state index contributed by atoms with van der Waals surface area (Å²) in [5.74, 6) is 1.77. The molecule has 0 heterocycles. The Bertz CT molecular complexity index is 566. The van der Waals surface area contributed by atoms with E-state index >= 15 is 0 Å². The lowest BCUT2D eigenvalue weighted by atomic mass is 10.2. The summed E-state index contributed by atoms with van der Waals surface area (Å²) < 4.78 is 6.98. The summed E-state index contributed by atoms with van der Waals surface area (Å²) in [4.78, 5) is 0. The number of nitrogens with one attached hydrogen (secondary N) is 1. The van der Waals surface area contributed by atoms with Gasteiger partial charge in [-0.05, 0) is 47.0 Å². The molecule has 0 saturated heterocycles. The van der Waals surface area contributed by atoms with Crippen molar-refractivity contribution in [3.05, 3.63) is 58.6 Å². The SMILES string of the molecule is Brc1ccccc1Oc1ccccc1CNC1CC1. The molecule has 0 amide bonds. The van der Waals surface area contributed by atoms with Gasteiger partial charge in [-0.3, -0.25) is 0 Å². The fraction of sp³-hybridized carbons (Fsp3) is 0.250. The van der Waals surface area contributed by atoms with Gasteiger partial charge in [-0.1, -0.05) is 30.3 Å². The van der Waals surface area contributed by atoms with E-state index in [4.69, 9.17) is 4.74 Å². The Hall–Kier alpha value is -1.32. The molecule has 2 aromatic rings. The van der Waals surface area contributed by atoms with E-state index in [2.05, 4.69) is 33.4 Å². The minimum absolute atomic E-state index is 0.705. The molecule has 0 aliphatic heterocycles. The summed E-state index contributed by atoms with van der Waals surface area (Å²) in [5, 5.41) is 3.52. The van der Waals surface area contributed by atoms with Gasteiger partial charge in [-0.15, -0.1) is 0 Å². The van der Waals surface area contributed by atoms with Crippen molar-refractivity contribution < 1.29 is 4.74 Å². The van der Waals surface area contributed by atoms with Gasteiger partial charge in [-0.25, -0.2) is 0 Å². The van der Waals surface area contributed by atoms with Crippen LogP contribution in [0.25, 0.3) is 0 Å². The summed E-state index contributed by atoms with van der Waals surface area (Å²) in [5.41, 5.74) is 1.20. The zero-order valence-corrected chi connectivity index (χ0v) is 12.2. The standard InChI is InChI=1S/C16H16BrNO/c17-14-6-2-4-8-16(14)19-15-7-3-1-5-12(15)11-18-13-9-10-13/h1-8,13,18H,9-11H2. The van der Waals surface area contributed by atoms with E-state index in [-0.39, 0.29) is 0 Å². The second-order valence-electron chi connectivity index (χ2n) is 4.80. The van der Waals surface area contributed by atoms with E-state index in [1.165, 1.54) is 18.4 Å². The molecule has 1 fully saturated rings. The second kappa shape index (κ2) is 5.76. The predicted molar refractivity (Wildman–Crippen MR) is 80.5 cm³/mol. The molecule has 0 atom stereocenters. The topological polar surface area (TPSA) is 21.3 Å². The van der Waals surface area contributed by atoms with Gasteiger partial charge in [0.15, 0.2) is 0 Å². The molecule has 19 heavy (non-hydrogen) atoms. The van der Waals surface area contributed by atoms with Gasteiger partial charge in [0, 0.05) is 18.2 Å². The van der Waals surface area contributed by atoms with Crippen molar-refractivity contribution in [1.29, 1.82) is 0 Å². The Morgan fingerprint density at radius 1 is 1.00 bits per heavy atom. The quantitative estimate of drug-likeness (QED) is 0.877. The fourth-order valence-electron chi connectivity index (χ4n) is 1.94. The molecular formula is C16H16BrNO. The van der Waals surface area contributed by atoms with Crippen LogP contribution in [0.1, 0.15) is 18.4 Å². The predicted octanol–water partition coefficient (Wildman–Crippen LogP) is 4.49. The van der Waals surface area contributed by atoms with Gasteiger partial charge in [0.2, 0.25) is 0 Å². The molecule has 0 spiro atoms. The van der Waals surface area contributed by atoms with E-state index in [9.17, 15) is 0 Å². The molecule has 1 N–H and O–H groups in total. The second-order valence-corrected chi connectivity index (χ2v) is 5.65. The van der Waals surface area contributed by atoms with Crippen LogP contribution in [0.2, 0.25) is 0 Å². The maximum Gasteiger partial charge on any atom is 0.141 e. The first-order valence-corrected chi connectivity index (χ1v) is 7.36. The summed E-state index contributed by atoms with van der Waals surface area (Å²) >= 11 is 3.51. The van der Waals surface area contributed by atoms with Crippen molar-refractivity contribution in [3.8, 4) is 11.5 Å². The smallest absolute Gasteiger partial charge is 0.141 e. The third kappa shape index (κ3) is 3.37. The van der Waals surface area contributed by atoms with Crippen LogP contribution in [-0.2, 0) is 6.54 Å². The van der Waals surface area contributed by atoms with Crippen molar-refractivity contribution in [2.24, 2.45) is 0 Å². The Morgan fingerprint density at radius 3 is 2.42 bits per heavy atom. The normalized spacial score (nSPS) is 14.4. The van der Waals surface area contributed by atoms with Crippen molar-refractivity contribution in [2.75, 3.05) is 0 Å². The first-order chi connectivity index (χ1) is 9.33. The van der Waals surface area contributed by atoms with E-state index < -0.39 is 0 Å². The van der Waals surface area contributed by atoms with E-state index in [1.54, 1.807) is 0 Å². The molecule has 2 aromatic carbocycles. The molecule has 0 radical (unpaired) electrons. The lowest BCUT2D eigenvalue weighted by Gasteiger charge is -2.12. The molecule has 98 valence electrons. The highest BCUT2D eigenvalue weighted by molar-refractivity contribution is 9.10. The highest BCUT2D eigenvalue weighted by atomic mass is 79.9. The number of ether oxygens (including phenoxy) is 1. The molecule has 0 unspecified atom stereocenters. The van der Waals surface area contributed by atoms with Crippen LogP contribution >= 0.6 is 15.9 Å². The molecule has 3 rings (SSSR count). The summed E-state index contributed by atoms with van der Waals surface area (Å²) in [6, 6.07) is 16.8. The summed E-state index contributed by atoms with van der Waals surface area (Å²) in [6.07, 6.45) is 2.60. The Balaban J connectivity index is 1.77. The maximum atomic E-state index is 6.01. The molecule has 3 heteroatoms. The van der Waals surface area contributed by atoms with E-state index in [0.717, 1.165) is 22.5 Å². The molecule has 1 aliphatic rings. The largest absolute Gasteiger partial charge is 0.456 e. The fourth-order valence-corrected chi connectivity index (χ4v) is 2.30. The van der Waals surface area contributed by atoms with Crippen LogP contribution in [0.15, 0.2) is 53.0 Å². The molecule has 0 aromatic heterocycles. The molecule has 1 saturated carbocycles. The van der Waals surface area contributed by atoms with Gasteiger partial charge >= 0.3 is 0 Å². The first kappa shape index (κ1) is 12.7. The number of para-hydroxylation sites is 2. The number of rotatable bonds is 5. The van der Waals surface area contributed by atoms with Crippen molar-refractivity contribution in [2.45, 2.75) is 25.4 Å². The highest BCUT2D eigenvalue weighted by Crippen LogP contribution is 2.31. The van der Waals surface area contributed by atoms with Crippen molar-refractivity contribution in [1.82, 2.24) is 5.32 Å². The lowest BCUT2D eigenvalue weighted by Crippen LogP contribution is -2.15. The number of benzene rings is 2. The zero-order valence-electron chi connectivity index (χ0n) is 10.6. The number of halogens is 1. The zero-order chi connectivity index (χ0) is 13.1. The van der Waals surface area contributed by atoms with Gasteiger partial charge in [0.25, 0.3) is 0 Å². The van der Waals surface area contributed by atoms with Gasteiger partial charge in [0.05, 0.1) is 4.47 Å². The number of hydrogen-bond acceptors (Lipinski definition) is 2. The first-order valence-electron chi connectivity index (χ1n) is 6.56. The van der Waals surface area contributed by atoms with Gasteiger partial charge in [0.1, 0.15) is 11.5 Å². The minimum Gasteiger partial charge on any atom is -0.456 e.